The van der Waals surface area contributed by atoms with Crippen LogP contribution in [0.5, 0.6) is 5.75 Å². The van der Waals surface area contributed by atoms with Gasteiger partial charge in [0.1, 0.15) is 6.61 Å². The molecule has 1 aliphatic heterocycles. The molecule has 26 heavy (non-hydrogen) atoms. The molecule has 1 aromatic carbocycles. The van der Waals surface area contributed by atoms with E-state index in [0.29, 0.717) is 12.3 Å². The zero-order valence-corrected chi connectivity index (χ0v) is 16.8. The lowest BCUT2D eigenvalue weighted by molar-refractivity contribution is -0.123. The number of halogens is 2. The Hall–Kier alpha value is -1.33. The summed E-state index contributed by atoms with van der Waals surface area (Å²) < 4.78 is 19.3. The molecular weight excluding hydrogens is 355 g/mol. The fraction of sp³-hybridized carbons (Fsp3) is 0.650. The molecule has 1 aliphatic rings. The number of amides is 1. The van der Waals surface area contributed by atoms with Crippen LogP contribution in [-0.2, 0) is 4.79 Å². The third kappa shape index (κ3) is 7.50. The third-order valence-corrected chi connectivity index (χ3v) is 4.86. The Morgan fingerprint density at radius 2 is 1.96 bits per heavy atom. The Morgan fingerprint density at radius 1 is 1.31 bits per heavy atom. The number of carbonyl (C=O) groups is 1. The van der Waals surface area contributed by atoms with Crippen molar-refractivity contribution >= 4 is 18.3 Å². The molecule has 0 radical (unpaired) electrons. The highest BCUT2D eigenvalue weighted by Crippen LogP contribution is 2.23. The normalized spacial score (nSPS) is 16.5. The highest BCUT2D eigenvalue weighted by Gasteiger charge is 2.27. The minimum atomic E-state index is -0.382. The molecule has 1 aromatic rings. The molecule has 1 fully saturated rings. The van der Waals surface area contributed by atoms with E-state index >= 15 is 0 Å². The van der Waals surface area contributed by atoms with E-state index in [2.05, 4.69) is 31.4 Å². The summed E-state index contributed by atoms with van der Waals surface area (Å²) in [5.41, 5.74) is -0.171. The predicted molar refractivity (Wildman–Crippen MR) is 105 cm³/mol. The van der Waals surface area contributed by atoms with E-state index in [-0.39, 0.29) is 47.9 Å². The van der Waals surface area contributed by atoms with Gasteiger partial charge in [-0.25, -0.2) is 4.39 Å². The minimum Gasteiger partial charge on any atom is -0.488 e. The molecule has 1 unspecified atom stereocenters. The van der Waals surface area contributed by atoms with Crippen molar-refractivity contribution in [3.63, 3.8) is 0 Å². The van der Waals surface area contributed by atoms with Crippen LogP contribution in [0.25, 0.3) is 0 Å². The lowest BCUT2D eigenvalue weighted by atomic mass is 9.87. The van der Waals surface area contributed by atoms with Crippen molar-refractivity contribution in [3.05, 3.63) is 30.1 Å². The van der Waals surface area contributed by atoms with Crippen LogP contribution >= 0.6 is 12.4 Å². The summed E-state index contributed by atoms with van der Waals surface area (Å²) in [5, 5.41) is 6.43. The molecule has 2 rings (SSSR count). The monoisotopic (exact) mass is 386 g/mol. The lowest BCUT2D eigenvalue weighted by Gasteiger charge is -2.31. The van der Waals surface area contributed by atoms with Crippen LogP contribution in [0.15, 0.2) is 24.3 Å². The molecule has 0 saturated carbocycles. The Balaban J connectivity index is 0.00000338. The molecule has 148 valence electrons. The van der Waals surface area contributed by atoms with Gasteiger partial charge in [-0.2, -0.15) is 0 Å². The first-order valence-electron chi connectivity index (χ1n) is 9.23. The Bertz CT molecular complexity index is 557. The summed E-state index contributed by atoms with van der Waals surface area (Å²) >= 11 is 0. The highest BCUT2D eigenvalue weighted by molar-refractivity contribution is 5.85. The second-order valence-electron chi connectivity index (χ2n) is 7.96. The minimum absolute atomic E-state index is 0. The van der Waals surface area contributed by atoms with Crippen molar-refractivity contribution in [2.45, 2.75) is 52.5 Å². The van der Waals surface area contributed by atoms with Crippen LogP contribution in [0, 0.1) is 17.2 Å². The van der Waals surface area contributed by atoms with Crippen molar-refractivity contribution in [3.8, 4) is 5.75 Å². The van der Waals surface area contributed by atoms with E-state index in [1.54, 1.807) is 18.2 Å². The average molecular weight is 387 g/mol. The first kappa shape index (κ1) is 22.7. The molecule has 2 N–H and O–H groups in total. The molecular formula is C20H32ClFN2O2. The van der Waals surface area contributed by atoms with Gasteiger partial charge in [-0.1, -0.05) is 32.9 Å². The van der Waals surface area contributed by atoms with E-state index in [4.69, 9.17) is 4.74 Å². The molecule has 0 bridgehead atoms. The summed E-state index contributed by atoms with van der Waals surface area (Å²) in [7, 11) is 0. The van der Waals surface area contributed by atoms with E-state index in [0.717, 1.165) is 32.4 Å². The molecule has 0 spiro atoms. The Kier molecular flexibility index (Phi) is 9.37. The van der Waals surface area contributed by atoms with Gasteiger partial charge in [0.15, 0.2) is 11.6 Å². The standard InChI is InChI=1S/C20H31FN2O2.ClH/c1-20(2,3)18(14-25-17-7-5-4-6-16(17)21)23-19(24)9-8-15-10-12-22-13-11-15;/h4-7,15,18,22H,8-14H2,1-3H3,(H,23,24);1H. The van der Waals surface area contributed by atoms with Crippen molar-refractivity contribution < 1.29 is 13.9 Å². The molecule has 4 nitrogen and oxygen atoms in total. The maximum atomic E-state index is 13.7. The van der Waals surface area contributed by atoms with Crippen LogP contribution < -0.4 is 15.4 Å². The zero-order chi connectivity index (χ0) is 18.3. The summed E-state index contributed by atoms with van der Waals surface area (Å²) in [6, 6.07) is 6.17. The van der Waals surface area contributed by atoms with Gasteiger partial charge >= 0.3 is 0 Å². The van der Waals surface area contributed by atoms with Gasteiger partial charge in [0.25, 0.3) is 0 Å². The van der Waals surface area contributed by atoms with Crippen molar-refractivity contribution in [1.29, 1.82) is 0 Å². The quantitative estimate of drug-likeness (QED) is 0.746. The number of benzene rings is 1. The number of hydrogen-bond donors (Lipinski definition) is 2. The number of para-hydroxylation sites is 1. The van der Waals surface area contributed by atoms with Gasteiger partial charge in [0.2, 0.25) is 5.91 Å². The number of carbonyl (C=O) groups excluding carboxylic acids is 1. The van der Waals surface area contributed by atoms with E-state index in [1.165, 1.54) is 6.07 Å². The maximum absolute atomic E-state index is 13.7. The molecule has 6 heteroatoms. The summed E-state index contributed by atoms with van der Waals surface area (Å²) in [4.78, 5) is 12.4. The molecule has 0 aliphatic carbocycles. The molecule has 0 aromatic heterocycles. The SMILES string of the molecule is CC(C)(C)C(COc1ccccc1F)NC(=O)CCC1CCNCC1.Cl. The van der Waals surface area contributed by atoms with E-state index in [1.807, 2.05) is 0 Å². The summed E-state index contributed by atoms with van der Waals surface area (Å²) in [6.07, 6.45) is 3.76. The molecule has 1 amide bonds. The van der Waals surface area contributed by atoms with E-state index in [9.17, 15) is 9.18 Å². The smallest absolute Gasteiger partial charge is 0.220 e. The lowest BCUT2D eigenvalue weighted by Crippen LogP contribution is -2.47. The van der Waals surface area contributed by atoms with Crippen molar-refractivity contribution in [2.24, 2.45) is 11.3 Å². The van der Waals surface area contributed by atoms with Crippen LogP contribution in [0.1, 0.15) is 46.5 Å². The average Bonchev–Trinajstić information content (AvgIpc) is 2.58. The maximum Gasteiger partial charge on any atom is 0.220 e. The van der Waals surface area contributed by atoms with Gasteiger partial charge in [-0.3, -0.25) is 4.79 Å². The van der Waals surface area contributed by atoms with Crippen LogP contribution in [0.4, 0.5) is 4.39 Å². The number of rotatable bonds is 7. The van der Waals surface area contributed by atoms with Gasteiger partial charge in [0, 0.05) is 6.42 Å². The van der Waals surface area contributed by atoms with Crippen molar-refractivity contribution in [1.82, 2.24) is 10.6 Å². The second kappa shape index (κ2) is 10.7. The number of nitrogens with one attached hydrogen (secondary N) is 2. The summed E-state index contributed by atoms with van der Waals surface area (Å²) in [5.74, 6) is 0.526. The topological polar surface area (TPSA) is 50.4 Å². The van der Waals surface area contributed by atoms with Gasteiger partial charge in [0.05, 0.1) is 6.04 Å². The first-order chi connectivity index (χ1) is 11.9. The van der Waals surface area contributed by atoms with Gasteiger partial charge in [-0.15, -0.1) is 12.4 Å². The molecule has 1 heterocycles. The number of ether oxygens (including phenoxy) is 1. The predicted octanol–water partition coefficient (Wildman–Crippen LogP) is 3.94. The number of hydrogen-bond acceptors (Lipinski definition) is 3. The Morgan fingerprint density at radius 3 is 2.58 bits per heavy atom. The second-order valence-corrected chi connectivity index (χ2v) is 7.96. The van der Waals surface area contributed by atoms with Gasteiger partial charge in [-0.05, 0) is 55.8 Å². The van der Waals surface area contributed by atoms with Gasteiger partial charge < -0.3 is 15.4 Å². The summed E-state index contributed by atoms with van der Waals surface area (Å²) in [6.45, 7) is 8.50. The van der Waals surface area contributed by atoms with Crippen LogP contribution in [0.2, 0.25) is 0 Å². The number of piperidine rings is 1. The van der Waals surface area contributed by atoms with Crippen LogP contribution in [-0.4, -0.2) is 31.6 Å². The highest BCUT2D eigenvalue weighted by atomic mass is 35.5. The Labute approximate surface area is 162 Å². The fourth-order valence-electron chi connectivity index (χ4n) is 3.02. The van der Waals surface area contributed by atoms with Crippen molar-refractivity contribution in [2.75, 3.05) is 19.7 Å². The third-order valence-electron chi connectivity index (χ3n) is 4.86. The molecule has 1 saturated heterocycles. The molecule has 1 atom stereocenters. The van der Waals surface area contributed by atoms with E-state index < -0.39 is 0 Å². The van der Waals surface area contributed by atoms with Crippen LogP contribution in [0.3, 0.4) is 0 Å². The first-order valence-corrected chi connectivity index (χ1v) is 9.23. The largest absolute Gasteiger partial charge is 0.488 e. The fourth-order valence-corrected chi connectivity index (χ4v) is 3.02. The zero-order valence-electron chi connectivity index (χ0n) is 16.0.